The lowest BCUT2D eigenvalue weighted by molar-refractivity contribution is -0.117. The van der Waals surface area contributed by atoms with Gasteiger partial charge in [0.15, 0.2) is 0 Å². The number of nitrogens with one attached hydrogen (secondary N) is 1. The number of nitrogen functional groups attached to an aromatic ring is 1. The molecule has 1 aromatic carbocycles. The molecule has 1 rings (SSSR count). The molecule has 3 nitrogen and oxygen atoms in total. The van der Waals surface area contributed by atoms with Crippen molar-refractivity contribution in [2.45, 2.75) is 11.8 Å². The fourth-order valence-electron chi connectivity index (χ4n) is 0.667. The van der Waals surface area contributed by atoms with Gasteiger partial charge in [-0.3, -0.25) is 9.52 Å². The molecule has 4 heteroatoms. The fraction of sp³-hybridized carbons (Fsp3) is 0.125. The van der Waals surface area contributed by atoms with Crippen LogP contribution in [-0.2, 0) is 4.79 Å². The number of anilines is 1. The van der Waals surface area contributed by atoms with Crippen molar-refractivity contribution in [3.63, 3.8) is 0 Å². The summed E-state index contributed by atoms with van der Waals surface area (Å²) in [5.74, 6) is -0.0585. The van der Waals surface area contributed by atoms with Gasteiger partial charge >= 0.3 is 0 Å². The molecule has 0 radical (unpaired) electrons. The summed E-state index contributed by atoms with van der Waals surface area (Å²) in [6, 6.07) is 7.31. The maximum Gasteiger partial charge on any atom is 0.226 e. The molecule has 0 aliphatic heterocycles. The molecule has 0 bridgehead atoms. The fourth-order valence-corrected chi connectivity index (χ4v) is 1.20. The van der Waals surface area contributed by atoms with Crippen LogP contribution >= 0.6 is 11.9 Å². The Morgan fingerprint density at radius 1 is 1.42 bits per heavy atom. The molecule has 0 fully saturated rings. The third kappa shape index (κ3) is 2.84. The molecule has 0 aliphatic carbocycles. The minimum Gasteiger partial charge on any atom is -0.399 e. The molecule has 0 aliphatic rings. The molecule has 64 valence electrons. The van der Waals surface area contributed by atoms with Crippen molar-refractivity contribution in [3.8, 4) is 0 Å². The summed E-state index contributed by atoms with van der Waals surface area (Å²) in [7, 11) is 0. The van der Waals surface area contributed by atoms with E-state index in [9.17, 15) is 4.79 Å². The SMILES string of the molecule is CC(=O)NSc1ccc(N)cc1. The number of nitrogens with two attached hydrogens (primary N) is 1. The lowest BCUT2D eigenvalue weighted by Crippen LogP contribution is -2.09. The van der Waals surface area contributed by atoms with Crippen molar-refractivity contribution in [2.75, 3.05) is 5.73 Å². The topological polar surface area (TPSA) is 55.1 Å². The van der Waals surface area contributed by atoms with Gasteiger partial charge in [0, 0.05) is 17.5 Å². The largest absolute Gasteiger partial charge is 0.399 e. The van der Waals surface area contributed by atoms with E-state index in [4.69, 9.17) is 5.73 Å². The average Bonchev–Trinajstić information content (AvgIpc) is 2.03. The van der Waals surface area contributed by atoms with E-state index in [0.29, 0.717) is 0 Å². The smallest absolute Gasteiger partial charge is 0.226 e. The van der Waals surface area contributed by atoms with Crippen LogP contribution in [0.4, 0.5) is 5.69 Å². The summed E-state index contributed by atoms with van der Waals surface area (Å²) in [5, 5.41) is 0. The van der Waals surface area contributed by atoms with E-state index in [0.717, 1.165) is 10.6 Å². The highest BCUT2D eigenvalue weighted by Crippen LogP contribution is 2.15. The molecule has 0 atom stereocenters. The summed E-state index contributed by atoms with van der Waals surface area (Å²) in [6.45, 7) is 1.48. The van der Waals surface area contributed by atoms with Gasteiger partial charge in [-0.15, -0.1) is 0 Å². The maximum absolute atomic E-state index is 10.5. The second kappa shape index (κ2) is 4.01. The number of rotatable bonds is 2. The summed E-state index contributed by atoms with van der Waals surface area (Å²) in [5.41, 5.74) is 6.21. The lowest BCUT2D eigenvalue weighted by atomic mass is 10.3. The van der Waals surface area contributed by atoms with Crippen LogP contribution in [0.2, 0.25) is 0 Å². The van der Waals surface area contributed by atoms with Gasteiger partial charge in [0.25, 0.3) is 0 Å². The lowest BCUT2D eigenvalue weighted by Gasteiger charge is -2.00. The van der Waals surface area contributed by atoms with Gasteiger partial charge in [-0.2, -0.15) is 0 Å². The second-order valence-electron chi connectivity index (χ2n) is 2.33. The number of amides is 1. The Hall–Kier alpha value is -1.16. The third-order valence-electron chi connectivity index (χ3n) is 1.19. The van der Waals surface area contributed by atoms with Crippen LogP contribution < -0.4 is 10.5 Å². The standard InChI is InChI=1S/C8H10N2OS/c1-6(11)10-12-8-4-2-7(9)3-5-8/h2-5H,9H2,1H3,(H,10,11). The summed E-state index contributed by atoms with van der Waals surface area (Å²) < 4.78 is 2.62. The van der Waals surface area contributed by atoms with Crippen molar-refractivity contribution in [1.29, 1.82) is 0 Å². The Labute approximate surface area is 75.5 Å². The second-order valence-corrected chi connectivity index (χ2v) is 3.21. The highest BCUT2D eigenvalue weighted by atomic mass is 32.2. The van der Waals surface area contributed by atoms with Crippen molar-refractivity contribution < 1.29 is 4.79 Å². The van der Waals surface area contributed by atoms with Crippen LogP contribution in [0.25, 0.3) is 0 Å². The monoisotopic (exact) mass is 182 g/mol. The molecule has 0 heterocycles. The van der Waals surface area contributed by atoms with Gasteiger partial charge in [-0.1, -0.05) is 0 Å². The molecule has 1 aromatic rings. The minimum atomic E-state index is -0.0585. The number of carbonyl (C=O) groups is 1. The molecule has 12 heavy (non-hydrogen) atoms. The van der Waals surface area contributed by atoms with Crippen LogP contribution in [0.3, 0.4) is 0 Å². The average molecular weight is 182 g/mol. The molecular weight excluding hydrogens is 172 g/mol. The molecule has 0 spiro atoms. The van der Waals surface area contributed by atoms with Gasteiger partial charge in [-0.05, 0) is 36.2 Å². The maximum atomic E-state index is 10.5. The Bertz CT molecular complexity index is 271. The number of benzene rings is 1. The predicted molar refractivity (Wildman–Crippen MR) is 50.5 cm³/mol. The Kier molecular flexibility index (Phi) is 2.99. The quantitative estimate of drug-likeness (QED) is 0.537. The van der Waals surface area contributed by atoms with Crippen LogP contribution in [0.1, 0.15) is 6.92 Å². The zero-order valence-electron chi connectivity index (χ0n) is 6.70. The Morgan fingerprint density at radius 3 is 2.50 bits per heavy atom. The third-order valence-corrected chi connectivity index (χ3v) is 2.09. The van der Waals surface area contributed by atoms with E-state index < -0.39 is 0 Å². The zero-order chi connectivity index (χ0) is 8.97. The van der Waals surface area contributed by atoms with E-state index in [1.54, 1.807) is 12.1 Å². The number of hydrogen-bond acceptors (Lipinski definition) is 3. The first kappa shape index (κ1) is 8.93. The molecule has 0 unspecified atom stereocenters. The van der Waals surface area contributed by atoms with Crippen LogP contribution in [0.5, 0.6) is 0 Å². The van der Waals surface area contributed by atoms with Crippen molar-refractivity contribution in [1.82, 2.24) is 4.72 Å². The minimum absolute atomic E-state index is 0.0585. The zero-order valence-corrected chi connectivity index (χ0v) is 7.52. The number of hydrogen-bond donors (Lipinski definition) is 2. The number of carbonyl (C=O) groups excluding carboxylic acids is 1. The summed E-state index contributed by atoms with van der Waals surface area (Å²) in [4.78, 5) is 11.5. The van der Waals surface area contributed by atoms with Crippen LogP contribution in [-0.4, -0.2) is 5.91 Å². The van der Waals surface area contributed by atoms with E-state index in [1.165, 1.54) is 18.9 Å². The summed E-state index contributed by atoms with van der Waals surface area (Å²) in [6.07, 6.45) is 0. The Morgan fingerprint density at radius 2 is 2.00 bits per heavy atom. The highest BCUT2D eigenvalue weighted by molar-refractivity contribution is 7.98. The van der Waals surface area contributed by atoms with E-state index in [1.807, 2.05) is 12.1 Å². The van der Waals surface area contributed by atoms with Gasteiger partial charge in [0.2, 0.25) is 5.91 Å². The molecule has 1 amide bonds. The summed E-state index contributed by atoms with van der Waals surface area (Å²) >= 11 is 1.28. The predicted octanol–water partition coefficient (Wildman–Crippen LogP) is 1.41. The van der Waals surface area contributed by atoms with Crippen molar-refractivity contribution in [3.05, 3.63) is 24.3 Å². The normalized spacial score (nSPS) is 9.42. The van der Waals surface area contributed by atoms with E-state index >= 15 is 0 Å². The molecule has 3 N–H and O–H groups in total. The highest BCUT2D eigenvalue weighted by Gasteiger charge is 1.94. The Balaban J connectivity index is 2.53. The van der Waals surface area contributed by atoms with Gasteiger partial charge in [-0.25, -0.2) is 0 Å². The molecule has 0 saturated heterocycles. The van der Waals surface area contributed by atoms with Gasteiger partial charge in [0.1, 0.15) is 0 Å². The molecule has 0 aromatic heterocycles. The first-order chi connectivity index (χ1) is 5.68. The molecule has 0 saturated carbocycles. The van der Waals surface area contributed by atoms with E-state index in [2.05, 4.69) is 4.72 Å². The van der Waals surface area contributed by atoms with Crippen molar-refractivity contribution in [2.24, 2.45) is 0 Å². The van der Waals surface area contributed by atoms with Gasteiger partial charge in [0.05, 0.1) is 0 Å². The molecular formula is C8H10N2OS. The van der Waals surface area contributed by atoms with Gasteiger partial charge < -0.3 is 5.73 Å². The first-order valence-electron chi connectivity index (χ1n) is 3.47. The van der Waals surface area contributed by atoms with Crippen LogP contribution in [0.15, 0.2) is 29.2 Å². The van der Waals surface area contributed by atoms with Crippen LogP contribution in [0, 0.1) is 0 Å². The van der Waals surface area contributed by atoms with E-state index in [-0.39, 0.29) is 5.91 Å². The van der Waals surface area contributed by atoms with Crippen molar-refractivity contribution >= 4 is 23.5 Å². The first-order valence-corrected chi connectivity index (χ1v) is 4.29.